The van der Waals surface area contributed by atoms with E-state index in [0.29, 0.717) is 0 Å². The van der Waals surface area contributed by atoms with Crippen LogP contribution in [0.25, 0.3) is 49.3 Å². The van der Waals surface area contributed by atoms with Gasteiger partial charge in [0.1, 0.15) is 0 Å². The predicted molar refractivity (Wildman–Crippen MR) is 138 cm³/mol. The highest BCUT2D eigenvalue weighted by Crippen LogP contribution is 2.35. The van der Waals surface area contributed by atoms with Gasteiger partial charge in [-0.15, -0.1) is 0 Å². The number of para-hydroxylation sites is 4. The number of rotatable bonds is 1. The first-order valence-corrected chi connectivity index (χ1v) is 11.4. The molecule has 4 aromatic carbocycles. The number of pyridine rings is 1. The van der Waals surface area contributed by atoms with Gasteiger partial charge in [-0.1, -0.05) is 72.8 Å². The summed E-state index contributed by atoms with van der Waals surface area (Å²) in [5, 5.41) is 5.06. The SMILES string of the molecule is c1ccc2c(c1)B(n1c3ccccc3c3ccccc31)c1cccc3c4cnccc4n-2c13. The normalized spacial score (nSPS) is 12.8. The monoisotopic (exact) mass is 419 g/mol. The largest absolute Gasteiger partial charge is 0.376 e. The Balaban J connectivity index is 1.61. The molecule has 0 fully saturated rings. The molecule has 3 aromatic heterocycles. The predicted octanol–water partition coefficient (Wildman–Crippen LogP) is 5.25. The Morgan fingerprint density at radius 2 is 1.21 bits per heavy atom. The summed E-state index contributed by atoms with van der Waals surface area (Å²) < 4.78 is 4.97. The van der Waals surface area contributed by atoms with Crippen molar-refractivity contribution in [3.05, 3.63) is 109 Å². The van der Waals surface area contributed by atoms with Crippen molar-refractivity contribution in [2.45, 2.75) is 0 Å². The first kappa shape index (κ1) is 17.3. The third-order valence-electron chi connectivity index (χ3n) is 7.26. The zero-order valence-corrected chi connectivity index (χ0v) is 17.8. The van der Waals surface area contributed by atoms with Crippen molar-refractivity contribution in [2.24, 2.45) is 0 Å². The average Bonchev–Trinajstić information content (AvgIpc) is 3.39. The first-order valence-electron chi connectivity index (χ1n) is 11.4. The minimum Gasteiger partial charge on any atom is -0.376 e. The second-order valence-electron chi connectivity index (χ2n) is 8.84. The highest BCUT2D eigenvalue weighted by atomic mass is 15.0. The number of hydrogen-bond donors (Lipinski definition) is 0. The van der Waals surface area contributed by atoms with Crippen LogP contribution >= 0.6 is 0 Å². The molecule has 1 aliphatic rings. The Morgan fingerprint density at radius 1 is 0.545 bits per heavy atom. The molecule has 8 rings (SSSR count). The van der Waals surface area contributed by atoms with Gasteiger partial charge < -0.3 is 9.05 Å². The van der Waals surface area contributed by atoms with Gasteiger partial charge in [0.05, 0.1) is 11.0 Å². The molecule has 0 saturated heterocycles. The summed E-state index contributed by atoms with van der Waals surface area (Å²) in [5.41, 5.74) is 8.91. The van der Waals surface area contributed by atoms with Crippen LogP contribution < -0.4 is 10.9 Å². The topological polar surface area (TPSA) is 22.8 Å². The van der Waals surface area contributed by atoms with Crippen LogP contribution in [0.4, 0.5) is 0 Å². The van der Waals surface area contributed by atoms with Gasteiger partial charge in [0.25, 0.3) is 0 Å². The van der Waals surface area contributed by atoms with Crippen molar-refractivity contribution in [1.82, 2.24) is 14.0 Å². The van der Waals surface area contributed by atoms with Crippen LogP contribution in [0.2, 0.25) is 0 Å². The zero-order valence-electron chi connectivity index (χ0n) is 17.8. The van der Waals surface area contributed by atoms with E-state index in [-0.39, 0.29) is 6.85 Å². The van der Waals surface area contributed by atoms with Crippen LogP contribution in [-0.2, 0) is 0 Å². The van der Waals surface area contributed by atoms with Crippen molar-refractivity contribution in [3.8, 4) is 5.69 Å². The van der Waals surface area contributed by atoms with Crippen LogP contribution in [0.1, 0.15) is 0 Å². The number of fused-ring (bicyclic) bond motifs is 8. The molecular weight excluding hydrogens is 401 g/mol. The molecule has 4 heteroatoms. The molecule has 0 atom stereocenters. The van der Waals surface area contributed by atoms with Crippen LogP contribution in [-0.4, -0.2) is 20.9 Å². The molecule has 0 spiro atoms. The van der Waals surface area contributed by atoms with Crippen molar-refractivity contribution in [3.63, 3.8) is 0 Å². The van der Waals surface area contributed by atoms with E-state index >= 15 is 0 Å². The van der Waals surface area contributed by atoms with Crippen LogP contribution in [0.5, 0.6) is 0 Å². The molecule has 0 saturated carbocycles. The van der Waals surface area contributed by atoms with E-state index in [1.807, 2.05) is 12.4 Å². The maximum atomic E-state index is 4.45. The van der Waals surface area contributed by atoms with Crippen molar-refractivity contribution < 1.29 is 0 Å². The van der Waals surface area contributed by atoms with E-state index in [4.69, 9.17) is 0 Å². The molecule has 0 bridgehead atoms. The number of benzene rings is 4. The molecule has 4 heterocycles. The quantitative estimate of drug-likeness (QED) is 0.333. The van der Waals surface area contributed by atoms with Gasteiger partial charge in [-0.05, 0) is 35.2 Å². The summed E-state index contributed by atoms with van der Waals surface area (Å²) >= 11 is 0. The molecule has 33 heavy (non-hydrogen) atoms. The van der Waals surface area contributed by atoms with Crippen molar-refractivity contribution >= 4 is 61.4 Å². The van der Waals surface area contributed by atoms with E-state index < -0.39 is 0 Å². The summed E-state index contributed by atoms with van der Waals surface area (Å²) in [4.78, 5) is 4.45. The minimum absolute atomic E-state index is 0.0828. The molecule has 3 nitrogen and oxygen atoms in total. The molecule has 0 unspecified atom stereocenters. The Bertz CT molecular complexity index is 1840. The summed E-state index contributed by atoms with van der Waals surface area (Å²) in [6.07, 6.45) is 3.90. The second kappa shape index (κ2) is 6.14. The molecule has 7 aromatic rings. The molecular formula is C29H18BN3. The molecule has 1 aliphatic heterocycles. The lowest BCUT2D eigenvalue weighted by Gasteiger charge is -2.28. The Hall–Kier alpha value is -4.31. The van der Waals surface area contributed by atoms with Gasteiger partial charge in [0.15, 0.2) is 0 Å². The fourth-order valence-corrected chi connectivity index (χ4v) is 6.01. The Labute approximate surface area is 190 Å². The minimum atomic E-state index is 0.0828. The fourth-order valence-electron chi connectivity index (χ4n) is 6.01. The van der Waals surface area contributed by atoms with Gasteiger partial charge in [0.2, 0.25) is 0 Å². The summed E-state index contributed by atoms with van der Waals surface area (Å²) in [7, 11) is 0. The maximum absolute atomic E-state index is 4.45. The van der Waals surface area contributed by atoms with Crippen molar-refractivity contribution in [1.29, 1.82) is 0 Å². The zero-order chi connectivity index (χ0) is 21.5. The first-order chi connectivity index (χ1) is 16.4. The van der Waals surface area contributed by atoms with E-state index in [1.165, 1.54) is 60.2 Å². The van der Waals surface area contributed by atoms with Gasteiger partial charge >= 0.3 is 6.85 Å². The summed E-state index contributed by atoms with van der Waals surface area (Å²) in [5.74, 6) is 0. The second-order valence-corrected chi connectivity index (χ2v) is 8.84. The van der Waals surface area contributed by atoms with Crippen LogP contribution in [0.3, 0.4) is 0 Å². The lowest BCUT2D eigenvalue weighted by atomic mass is 9.48. The van der Waals surface area contributed by atoms with Gasteiger partial charge in [-0.3, -0.25) is 4.98 Å². The molecule has 0 amide bonds. The molecule has 0 N–H and O–H groups in total. The molecule has 0 radical (unpaired) electrons. The highest BCUT2D eigenvalue weighted by Gasteiger charge is 2.35. The third kappa shape index (κ3) is 2.08. The van der Waals surface area contributed by atoms with E-state index in [2.05, 4.69) is 111 Å². The Morgan fingerprint density at radius 3 is 2.03 bits per heavy atom. The van der Waals surface area contributed by atoms with Gasteiger partial charge in [-0.2, -0.15) is 0 Å². The fraction of sp³-hybridized carbons (Fsp3) is 0. The van der Waals surface area contributed by atoms with E-state index in [1.54, 1.807) is 0 Å². The number of nitrogens with zero attached hydrogens (tertiary/aromatic N) is 3. The maximum Gasteiger partial charge on any atom is 0.332 e. The smallest absolute Gasteiger partial charge is 0.332 e. The van der Waals surface area contributed by atoms with Crippen LogP contribution in [0.15, 0.2) is 109 Å². The van der Waals surface area contributed by atoms with Crippen molar-refractivity contribution in [2.75, 3.05) is 0 Å². The standard InChI is InChI=1S/C29H18BN3/c1-4-13-26-19(8-1)20-9-2-5-14-27(20)33(26)30-23-11-3-6-15-28(23)32-25-16-17-31-18-22(25)21-10-7-12-24(30)29(21)32/h1-18H. The number of hydrogen-bond acceptors (Lipinski definition) is 1. The molecule has 152 valence electrons. The highest BCUT2D eigenvalue weighted by molar-refractivity contribution is 6.88. The lowest BCUT2D eigenvalue weighted by molar-refractivity contribution is 1.17. The van der Waals surface area contributed by atoms with Gasteiger partial charge in [-0.25, -0.2) is 0 Å². The summed E-state index contributed by atoms with van der Waals surface area (Å²) in [6, 6.07) is 35.3. The van der Waals surface area contributed by atoms with E-state index in [0.717, 1.165) is 0 Å². The Kier molecular flexibility index (Phi) is 3.21. The lowest BCUT2D eigenvalue weighted by Crippen LogP contribution is -2.53. The van der Waals surface area contributed by atoms with E-state index in [9.17, 15) is 0 Å². The number of aromatic nitrogens is 3. The molecule has 0 aliphatic carbocycles. The third-order valence-corrected chi connectivity index (χ3v) is 7.26. The van der Waals surface area contributed by atoms with Gasteiger partial charge in [0, 0.05) is 50.7 Å². The van der Waals surface area contributed by atoms with Crippen LogP contribution in [0, 0.1) is 0 Å². The summed E-state index contributed by atoms with van der Waals surface area (Å²) in [6.45, 7) is 0.0828. The average molecular weight is 419 g/mol.